The number of nitrogens with two attached hydrogens (primary N) is 1. The van der Waals surface area contributed by atoms with E-state index in [4.69, 9.17) is 10.5 Å². The number of nitrogens with zero attached hydrogens (tertiary/aromatic N) is 2. The number of hydrogen-bond donors (Lipinski definition) is 2. The van der Waals surface area contributed by atoms with E-state index in [9.17, 15) is 4.79 Å². The fourth-order valence-electron chi connectivity index (χ4n) is 0.906. The van der Waals surface area contributed by atoms with Gasteiger partial charge in [-0.05, 0) is 0 Å². The molecule has 0 aromatic carbocycles. The fourth-order valence-corrected chi connectivity index (χ4v) is 0.906. The number of anilines is 1. The monoisotopic (exact) mass is 184 g/mol. The summed E-state index contributed by atoms with van der Waals surface area (Å²) in [6, 6.07) is 0. The van der Waals surface area contributed by atoms with E-state index in [2.05, 4.69) is 10.4 Å². The predicted molar refractivity (Wildman–Crippen MR) is 47.4 cm³/mol. The predicted octanol–water partition coefficient (Wildman–Crippen LogP) is -0.674. The Bertz CT molecular complexity index is 307. The van der Waals surface area contributed by atoms with Gasteiger partial charge in [0.1, 0.15) is 5.69 Å². The van der Waals surface area contributed by atoms with Crippen molar-refractivity contribution in [2.24, 2.45) is 12.8 Å². The van der Waals surface area contributed by atoms with Crippen LogP contribution in [0.3, 0.4) is 0 Å². The zero-order chi connectivity index (χ0) is 9.84. The van der Waals surface area contributed by atoms with E-state index in [0.29, 0.717) is 11.6 Å². The second kappa shape index (κ2) is 3.90. The summed E-state index contributed by atoms with van der Waals surface area (Å²) in [6.45, 7) is -0.0575. The Morgan fingerprint density at radius 3 is 3.08 bits per heavy atom. The molecule has 0 saturated heterocycles. The number of hydrogen-bond acceptors (Lipinski definition) is 4. The van der Waals surface area contributed by atoms with Crippen LogP contribution in [-0.2, 0) is 11.8 Å². The van der Waals surface area contributed by atoms with Gasteiger partial charge in [-0.3, -0.25) is 9.48 Å². The number of aryl methyl sites for hydroxylation is 1. The van der Waals surface area contributed by atoms with E-state index >= 15 is 0 Å². The standard InChI is InChI=1S/C7H12N4O2/c1-11-4-5(7(10-11)13-2)9-6(12)3-8/h4H,3,8H2,1-2H3,(H,9,12). The molecule has 0 atom stereocenters. The maximum atomic E-state index is 10.9. The highest BCUT2D eigenvalue weighted by Gasteiger charge is 2.09. The summed E-state index contributed by atoms with van der Waals surface area (Å²) in [7, 11) is 3.22. The minimum atomic E-state index is -0.272. The smallest absolute Gasteiger partial charge is 0.256 e. The highest BCUT2D eigenvalue weighted by molar-refractivity contribution is 5.93. The van der Waals surface area contributed by atoms with Crippen LogP contribution in [0.2, 0.25) is 0 Å². The molecule has 0 aliphatic heterocycles. The maximum Gasteiger partial charge on any atom is 0.256 e. The number of nitrogens with one attached hydrogen (secondary N) is 1. The number of carbonyl (C=O) groups is 1. The summed E-state index contributed by atoms with van der Waals surface area (Å²) in [6.07, 6.45) is 1.65. The molecule has 1 rings (SSSR count). The SMILES string of the molecule is COc1nn(C)cc1NC(=O)CN. The van der Waals surface area contributed by atoms with Gasteiger partial charge in [0.2, 0.25) is 5.91 Å². The third kappa shape index (κ3) is 2.19. The first-order valence-electron chi connectivity index (χ1n) is 3.75. The van der Waals surface area contributed by atoms with E-state index in [1.54, 1.807) is 17.9 Å². The van der Waals surface area contributed by atoms with Crippen LogP contribution in [0.4, 0.5) is 5.69 Å². The highest BCUT2D eigenvalue weighted by atomic mass is 16.5. The summed E-state index contributed by atoms with van der Waals surface area (Å²) in [5.74, 6) is 0.107. The van der Waals surface area contributed by atoms with Crippen molar-refractivity contribution >= 4 is 11.6 Å². The normalized spacial score (nSPS) is 9.77. The average Bonchev–Trinajstić information content (AvgIpc) is 2.46. The molecule has 3 N–H and O–H groups in total. The lowest BCUT2D eigenvalue weighted by Crippen LogP contribution is -2.21. The van der Waals surface area contributed by atoms with Gasteiger partial charge in [0, 0.05) is 7.05 Å². The van der Waals surface area contributed by atoms with Crippen molar-refractivity contribution in [3.63, 3.8) is 0 Å². The number of carbonyl (C=O) groups excluding carboxylic acids is 1. The van der Waals surface area contributed by atoms with Gasteiger partial charge in [0.15, 0.2) is 0 Å². The van der Waals surface area contributed by atoms with Gasteiger partial charge < -0.3 is 15.8 Å². The zero-order valence-corrected chi connectivity index (χ0v) is 7.57. The topological polar surface area (TPSA) is 82.2 Å². The van der Waals surface area contributed by atoms with Crippen LogP contribution in [-0.4, -0.2) is 29.3 Å². The van der Waals surface area contributed by atoms with Gasteiger partial charge in [0.05, 0.1) is 19.9 Å². The highest BCUT2D eigenvalue weighted by Crippen LogP contribution is 2.20. The van der Waals surface area contributed by atoms with Crippen LogP contribution in [0.5, 0.6) is 5.88 Å². The van der Waals surface area contributed by atoms with Gasteiger partial charge >= 0.3 is 0 Å². The summed E-state index contributed by atoms with van der Waals surface area (Å²) in [5.41, 5.74) is 5.67. The number of amides is 1. The summed E-state index contributed by atoms with van der Waals surface area (Å²) < 4.78 is 6.47. The Morgan fingerprint density at radius 2 is 2.54 bits per heavy atom. The molecular weight excluding hydrogens is 172 g/mol. The van der Waals surface area contributed by atoms with Gasteiger partial charge in [-0.25, -0.2) is 0 Å². The quantitative estimate of drug-likeness (QED) is 0.652. The lowest BCUT2D eigenvalue weighted by molar-refractivity contribution is -0.114. The van der Waals surface area contributed by atoms with Crippen molar-refractivity contribution in [1.82, 2.24) is 9.78 Å². The van der Waals surface area contributed by atoms with Crippen LogP contribution in [0.15, 0.2) is 6.20 Å². The molecule has 0 radical (unpaired) electrons. The molecule has 0 saturated carbocycles. The van der Waals surface area contributed by atoms with Crippen molar-refractivity contribution in [2.75, 3.05) is 19.0 Å². The molecule has 1 amide bonds. The molecule has 6 heteroatoms. The van der Waals surface area contributed by atoms with Crippen molar-refractivity contribution in [3.8, 4) is 5.88 Å². The van der Waals surface area contributed by atoms with Crippen LogP contribution < -0.4 is 15.8 Å². The van der Waals surface area contributed by atoms with Crippen molar-refractivity contribution in [1.29, 1.82) is 0 Å². The molecule has 0 fully saturated rings. The molecule has 0 unspecified atom stereocenters. The Morgan fingerprint density at radius 1 is 1.85 bits per heavy atom. The van der Waals surface area contributed by atoms with Crippen molar-refractivity contribution in [2.45, 2.75) is 0 Å². The number of methoxy groups -OCH3 is 1. The molecule has 0 spiro atoms. The van der Waals surface area contributed by atoms with Crippen LogP contribution in [0.25, 0.3) is 0 Å². The van der Waals surface area contributed by atoms with Gasteiger partial charge in [0.25, 0.3) is 5.88 Å². The van der Waals surface area contributed by atoms with E-state index in [0.717, 1.165) is 0 Å². The molecule has 1 heterocycles. The minimum Gasteiger partial charge on any atom is -0.478 e. The van der Waals surface area contributed by atoms with E-state index in [1.807, 2.05) is 0 Å². The lowest BCUT2D eigenvalue weighted by atomic mass is 10.5. The molecule has 1 aromatic heterocycles. The van der Waals surface area contributed by atoms with Gasteiger partial charge in [-0.2, -0.15) is 0 Å². The summed E-state index contributed by atoms with van der Waals surface area (Å²) >= 11 is 0. The number of ether oxygens (including phenoxy) is 1. The first-order valence-corrected chi connectivity index (χ1v) is 3.75. The Labute approximate surface area is 75.7 Å². The van der Waals surface area contributed by atoms with Gasteiger partial charge in [-0.15, -0.1) is 5.10 Å². The summed E-state index contributed by atoms with van der Waals surface area (Å²) in [4.78, 5) is 10.9. The van der Waals surface area contributed by atoms with Crippen LogP contribution in [0, 0.1) is 0 Å². The molecule has 0 bridgehead atoms. The number of rotatable bonds is 3. The fraction of sp³-hybridized carbons (Fsp3) is 0.429. The molecule has 0 aliphatic rings. The number of aromatic nitrogens is 2. The van der Waals surface area contributed by atoms with Gasteiger partial charge in [-0.1, -0.05) is 0 Å². The van der Waals surface area contributed by atoms with E-state index < -0.39 is 0 Å². The lowest BCUT2D eigenvalue weighted by Gasteiger charge is -2.00. The molecule has 0 aliphatic carbocycles. The third-order valence-electron chi connectivity index (χ3n) is 1.45. The molecular formula is C7H12N4O2. The Hall–Kier alpha value is -1.56. The average molecular weight is 184 g/mol. The van der Waals surface area contributed by atoms with E-state index in [1.165, 1.54) is 7.11 Å². The first-order chi connectivity index (χ1) is 6.17. The Kier molecular flexibility index (Phi) is 2.86. The largest absolute Gasteiger partial charge is 0.478 e. The Balaban J connectivity index is 2.80. The van der Waals surface area contributed by atoms with Crippen LogP contribution >= 0.6 is 0 Å². The molecule has 6 nitrogen and oxygen atoms in total. The third-order valence-corrected chi connectivity index (χ3v) is 1.45. The van der Waals surface area contributed by atoms with Crippen molar-refractivity contribution in [3.05, 3.63) is 6.20 Å². The minimum absolute atomic E-state index is 0.0575. The zero-order valence-electron chi connectivity index (χ0n) is 7.57. The second-order valence-electron chi connectivity index (χ2n) is 2.48. The van der Waals surface area contributed by atoms with E-state index in [-0.39, 0.29) is 12.5 Å². The maximum absolute atomic E-state index is 10.9. The second-order valence-corrected chi connectivity index (χ2v) is 2.48. The van der Waals surface area contributed by atoms with Crippen molar-refractivity contribution < 1.29 is 9.53 Å². The first kappa shape index (κ1) is 9.53. The van der Waals surface area contributed by atoms with Crippen LogP contribution in [0.1, 0.15) is 0 Å². The molecule has 1 aromatic rings. The summed E-state index contributed by atoms with van der Waals surface area (Å²) in [5, 5.41) is 6.52. The molecule has 13 heavy (non-hydrogen) atoms. The molecule has 72 valence electrons.